The van der Waals surface area contributed by atoms with Crippen molar-refractivity contribution in [3.63, 3.8) is 0 Å². The van der Waals surface area contributed by atoms with E-state index in [4.69, 9.17) is 24.9 Å². The Bertz CT molecular complexity index is 750. The Balaban J connectivity index is 0.000000324. The third kappa shape index (κ3) is 8.16. The van der Waals surface area contributed by atoms with Gasteiger partial charge in [-0.15, -0.1) is 0 Å². The van der Waals surface area contributed by atoms with Crippen LogP contribution in [-0.4, -0.2) is 95.3 Å². The monoisotopic (exact) mass is 488 g/mol. The van der Waals surface area contributed by atoms with E-state index >= 15 is 0 Å². The van der Waals surface area contributed by atoms with E-state index in [1.165, 1.54) is 24.9 Å². The number of likely N-dealkylation sites (tertiary alicyclic amines) is 2. The van der Waals surface area contributed by atoms with Crippen molar-refractivity contribution in [1.82, 2.24) is 9.80 Å². The third-order valence-electron chi connectivity index (χ3n) is 5.64. The van der Waals surface area contributed by atoms with Gasteiger partial charge in [-0.05, 0) is 38.5 Å². The Morgan fingerprint density at radius 2 is 1.42 bits per heavy atom. The predicted octanol–water partition coefficient (Wildman–Crippen LogP) is 2.59. The predicted molar refractivity (Wildman–Crippen MR) is 105 cm³/mol. The number of rotatable bonds is 3. The van der Waals surface area contributed by atoms with Crippen LogP contribution in [0.3, 0.4) is 0 Å². The summed E-state index contributed by atoms with van der Waals surface area (Å²) in [5.74, 6) is -5.51. The highest BCUT2D eigenvalue weighted by Crippen LogP contribution is 2.45. The van der Waals surface area contributed by atoms with Crippen LogP contribution in [0.25, 0.3) is 0 Å². The molecule has 3 N–H and O–H groups in total. The second kappa shape index (κ2) is 11.7. The minimum atomic E-state index is -5.08. The number of halogens is 6. The van der Waals surface area contributed by atoms with Crippen LogP contribution in [0.15, 0.2) is 30.3 Å². The summed E-state index contributed by atoms with van der Waals surface area (Å²) in [4.78, 5) is 22.7. The summed E-state index contributed by atoms with van der Waals surface area (Å²) < 4.78 is 63.5. The molecule has 1 aromatic rings. The van der Waals surface area contributed by atoms with Crippen molar-refractivity contribution in [3.8, 4) is 0 Å². The minimum Gasteiger partial charge on any atom is -0.475 e. The number of fused-ring (bicyclic) bond motifs is 1. The zero-order chi connectivity index (χ0) is 25.4. The first-order valence-electron chi connectivity index (χ1n) is 9.84. The summed E-state index contributed by atoms with van der Waals surface area (Å²) in [5, 5.41) is 23.4. The number of aliphatic carboxylic acids is 2. The van der Waals surface area contributed by atoms with E-state index < -0.39 is 24.3 Å². The molecule has 0 spiro atoms. The summed E-state index contributed by atoms with van der Waals surface area (Å²) in [6.07, 6.45) is -7.68. The van der Waals surface area contributed by atoms with E-state index in [0.717, 1.165) is 19.6 Å². The highest BCUT2D eigenvalue weighted by Gasteiger charge is 2.49. The number of carbonyl (C=O) groups is 2. The van der Waals surface area contributed by atoms with Crippen LogP contribution in [0.2, 0.25) is 0 Å². The van der Waals surface area contributed by atoms with Crippen LogP contribution in [0.1, 0.15) is 18.4 Å². The van der Waals surface area contributed by atoms with Crippen molar-refractivity contribution >= 4 is 11.9 Å². The van der Waals surface area contributed by atoms with Crippen LogP contribution < -0.4 is 0 Å². The number of hydrogen-bond acceptors (Lipinski definition) is 5. The number of piperidine rings is 1. The topological polar surface area (TPSA) is 101 Å². The zero-order valence-corrected chi connectivity index (χ0v) is 17.7. The van der Waals surface area contributed by atoms with E-state index in [1.54, 1.807) is 0 Å². The van der Waals surface area contributed by atoms with Crippen molar-refractivity contribution in [2.75, 3.05) is 39.8 Å². The molecule has 2 saturated heterocycles. The Morgan fingerprint density at radius 1 is 0.970 bits per heavy atom. The van der Waals surface area contributed by atoms with E-state index in [-0.39, 0.29) is 6.61 Å². The Hall–Kier alpha value is -2.38. The molecule has 3 rings (SSSR count). The molecule has 0 aliphatic carbocycles. The Morgan fingerprint density at radius 3 is 1.85 bits per heavy atom. The standard InChI is InChI=1S/C16H24N2O.2C2HF3O2/c1-17-9-7-16(14-5-3-2-4-6-14)8-10-18(11-12-19)13-15(16)17;2*3-2(4,5)1(6)7/h2-6,15,19H,7-13H2,1H3;2*(H,6,7). The van der Waals surface area contributed by atoms with Crippen molar-refractivity contribution in [2.24, 2.45) is 0 Å². The third-order valence-corrected chi connectivity index (χ3v) is 5.64. The molecule has 0 bridgehead atoms. The van der Waals surface area contributed by atoms with Gasteiger partial charge < -0.3 is 20.2 Å². The molecule has 33 heavy (non-hydrogen) atoms. The molecule has 2 unspecified atom stereocenters. The van der Waals surface area contributed by atoms with E-state index in [2.05, 4.69) is 47.2 Å². The molecule has 0 amide bonds. The summed E-state index contributed by atoms with van der Waals surface area (Å²) in [6.45, 7) is 4.47. The van der Waals surface area contributed by atoms with Gasteiger partial charge in [0.2, 0.25) is 0 Å². The van der Waals surface area contributed by atoms with Gasteiger partial charge in [0.1, 0.15) is 0 Å². The maximum absolute atomic E-state index is 10.6. The van der Waals surface area contributed by atoms with Crippen LogP contribution in [-0.2, 0) is 15.0 Å². The number of aliphatic hydroxyl groups is 1. The molecule has 2 heterocycles. The lowest BCUT2D eigenvalue weighted by atomic mass is 9.69. The minimum absolute atomic E-state index is 0.273. The number of nitrogens with zero attached hydrogens (tertiary/aromatic N) is 2. The smallest absolute Gasteiger partial charge is 0.475 e. The second-order valence-corrected chi connectivity index (χ2v) is 7.65. The van der Waals surface area contributed by atoms with Crippen molar-refractivity contribution < 1.29 is 51.3 Å². The maximum atomic E-state index is 10.6. The summed E-state index contributed by atoms with van der Waals surface area (Å²) in [6, 6.07) is 11.6. The van der Waals surface area contributed by atoms with Gasteiger partial charge in [0.25, 0.3) is 0 Å². The van der Waals surface area contributed by atoms with Gasteiger partial charge >= 0.3 is 24.3 Å². The van der Waals surface area contributed by atoms with E-state index in [1.807, 2.05) is 0 Å². The van der Waals surface area contributed by atoms with Gasteiger partial charge in [-0.3, -0.25) is 4.90 Å². The molecule has 2 aliphatic heterocycles. The Labute approximate surface area is 186 Å². The number of benzene rings is 1. The molecule has 13 heteroatoms. The largest absolute Gasteiger partial charge is 0.490 e. The van der Waals surface area contributed by atoms with Crippen LogP contribution in [0, 0.1) is 0 Å². The van der Waals surface area contributed by atoms with Crippen molar-refractivity contribution in [2.45, 2.75) is 36.7 Å². The number of aliphatic hydroxyl groups excluding tert-OH is 1. The lowest BCUT2D eigenvalue weighted by Crippen LogP contribution is -2.55. The van der Waals surface area contributed by atoms with Crippen LogP contribution in [0.5, 0.6) is 0 Å². The molecule has 0 aromatic heterocycles. The number of alkyl halides is 6. The van der Waals surface area contributed by atoms with Gasteiger partial charge in [-0.2, -0.15) is 26.3 Å². The molecule has 2 atom stereocenters. The molecule has 2 aliphatic rings. The number of carboxylic acids is 2. The number of carboxylic acid groups (broad SMARTS) is 2. The van der Waals surface area contributed by atoms with Gasteiger partial charge in [0.05, 0.1) is 6.61 Å². The lowest BCUT2D eigenvalue weighted by molar-refractivity contribution is -0.193. The number of β-amino-alcohol motifs (C(OH)–C–C–N with tert-alkyl or cyclic N) is 1. The normalized spacial score (nSPS) is 23.5. The molecule has 2 fully saturated rings. The van der Waals surface area contributed by atoms with Gasteiger partial charge in [-0.1, -0.05) is 30.3 Å². The first-order chi connectivity index (χ1) is 15.1. The SMILES string of the molecule is CN1CCC2(c3ccccc3)CCN(CCO)CC12.O=C(O)C(F)(F)F.O=C(O)C(F)(F)F. The average Bonchev–Trinajstić information content (AvgIpc) is 3.06. The second-order valence-electron chi connectivity index (χ2n) is 7.65. The van der Waals surface area contributed by atoms with E-state index in [0.29, 0.717) is 11.5 Å². The molecular formula is C20H26F6N2O5. The van der Waals surface area contributed by atoms with Crippen LogP contribution in [0.4, 0.5) is 26.3 Å². The fraction of sp³-hybridized carbons (Fsp3) is 0.600. The van der Waals surface area contributed by atoms with Gasteiger partial charge in [0.15, 0.2) is 0 Å². The van der Waals surface area contributed by atoms with Crippen LogP contribution >= 0.6 is 0 Å². The number of hydrogen-bond donors (Lipinski definition) is 3. The first kappa shape index (κ1) is 28.7. The maximum Gasteiger partial charge on any atom is 0.490 e. The fourth-order valence-corrected chi connectivity index (χ4v) is 4.02. The van der Waals surface area contributed by atoms with E-state index in [9.17, 15) is 26.3 Å². The fourth-order valence-electron chi connectivity index (χ4n) is 4.02. The van der Waals surface area contributed by atoms with Crippen molar-refractivity contribution in [3.05, 3.63) is 35.9 Å². The van der Waals surface area contributed by atoms with Gasteiger partial charge in [-0.25, -0.2) is 9.59 Å². The van der Waals surface area contributed by atoms with Gasteiger partial charge in [0, 0.05) is 24.5 Å². The summed E-state index contributed by atoms with van der Waals surface area (Å²) in [7, 11) is 2.25. The molecule has 0 radical (unpaired) electrons. The molecule has 7 nitrogen and oxygen atoms in total. The first-order valence-corrected chi connectivity index (χ1v) is 9.84. The Kier molecular flexibility index (Phi) is 10.1. The quantitative estimate of drug-likeness (QED) is 0.563. The molecular weight excluding hydrogens is 462 g/mol. The number of likely N-dealkylation sites (N-methyl/N-ethyl adjacent to an activating group) is 1. The molecule has 188 valence electrons. The zero-order valence-electron chi connectivity index (χ0n) is 17.7. The average molecular weight is 488 g/mol. The van der Waals surface area contributed by atoms with Crippen molar-refractivity contribution in [1.29, 1.82) is 0 Å². The molecule has 0 saturated carbocycles. The summed E-state index contributed by atoms with van der Waals surface area (Å²) in [5.41, 5.74) is 1.84. The highest BCUT2D eigenvalue weighted by molar-refractivity contribution is 5.73. The lowest BCUT2D eigenvalue weighted by Gasteiger charge is -2.46. The summed E-state index contributed by atoms with van der Waals surface area (Å²) >= 11 is 0. The highest BCUT2D eigenvalue weighted by atomic mass is 19.4. The molecule has 1 aromatic carbocycles.